The molecule has 4 nitrogen and oxygen atoms in total. The second-order valence-corrected chi connectivity index (χ2v) is 5.14. The highest BCUT2D eigenvalue weighted by Crippen LogP contribution is 2.29. The lowest BCUT2D eigenvalue weighted by Gasteiger charge is -2.26. The Morgan fingerprint density at radius 1 is 1.32 bits per heavy atom. The zero-order valence-electron chi connectivity index (χ0n) is 11.6. The third-order valence-corrected chi connectivity index (χ3v) is 3.82. The molecule has 0 aliphatic carbocycles. The van der Waals surface area contributed by atoms with Gasteiger partial charge in [-0.2, -0.15) is 0 Å². The minimum absolute atomic E-state index is 0.317. The molecule has 1 N–H and O–H groups in total. The molecule has 0 spiro atoms. The van der Waals surface area contributed by atoms with Crippen LogP contribution in [0.25, 0.3) is 0 Å². The molecule has 0 saturated heterocycles. The lowest BCUT2D eigenvalue weighted by molar-refractivity contribution is 0.533. The molecule has 1 aromatic heterocycles. The van der Waals surface area contributed by atoms with E-state index in [1.165, 1.54) is 11.1 Å². The molecule has 1 aromatic carbocycles. The van der Waals surface area contributed by atoms with Crippen molar-refractivity contribution >= 4 is 0 Å². The maximum atomic E-state index is 4.43. The van der Waals surface area contributed by atoms with Gasteiger partial charge in [-0.05, 0) is 24.5 Å². The van der Waals surface area contributed by atoms with Crippen LogP contribution in [0.2, 0.25) is 0 Å². The fourth-order valence-electron chi connectivity index (χ4n) is 2.88. The van der Waals surface area contributed by atoms with Gasteiger partial charge in [-0.3, -0.25) is 0 Å². The molecule has 0 amide bonds. The fraction of sp³-hybridized carbons (Fsp3) is 0.467. The van der Waals surface area contributed by atoms with Crippen molar-refractivity contribution in [1.29, 1.82) is 0 Å². The Morgan fingerprint density at radius 2 is 2.16 bits per heavy atom. The summed E-state index contributed by atoms with van der Waals surface area (Å²) in [6, 6.07) is 8.64. The molecule has 1 atom stereocenters. The number of hydrogen-bond donors (Lipinski definition) is 1. The number of hydrogen-bond acceptors (Lipinski definition) is 3. The number of benzene rings is 1. The number of aryl methyl sites for hydroxylation is 1. The molecule has 19 heavy (non-hydrogen) atoms. The summed E-state index contributed by atoms with van der Waals surface area (Å²) >= 11 is 0. The lowest BCUT2D eigenvalue weighted by Crippen LogP contribution is -2.30. The van der Waals surface area contributed by atoms with Crippen LogP contribution in [-0.2, 0) is 13.1 Å². The van der Waals surface area contributed by atoms with E-state index >= 15 is 0 Å². The molecule has 0 fully saturated rings. The maximum Gasteiger partial charge on any atom is 0.141 e. The highest BCUT2D eigenvalue weighted by atomic mass is 15.3. The highest BCUT2D eigenvalue weighted by molar-refractivity contribution is 5.36. The molecule has 2 heterocycles. The summed E-state index contributed by atoms with van der Waals surface area (Å²) in [5.41, 5.74) is 2.77. The first-order valence-electron chi connectivity index (χ1n) is 6.99. The molecule has 1 aliphatic rings. The topological polar surface area (TPSA) is 42.7 Å². The molecule has 0 radical (unpaired) electrons. The van der Waals surface area contributed by atoms with Gasteiger partial charge in [0.1, 0.15) is 11.6 Å². The van der Waals surface area contributed by atoms with Gasteiger partial charge in [-0.15, -0.1) is 10.2 Å². The van der Waals surface area contributed by atoms with Gasteiger partial charge in [0.2, 0.25) is 0 Å². The summed E-state index contributed by atoms with van der Waals surface area (Å²) in [5.74, 6) is 2.43. The van der Waals surface area contributed by atoms with E-state index in [-0.39, 0.29) is 0 Å². The van der Waals surface area contributed by atoms with E-state index in [0.717, 1.165) is 37.7 Å². The molecule has 100 valence electrons. The SMILES string of the molecule is CCCn1c(C)nnc1C1CNCc2ccccc21. The standard InChI is InChI=1S/C15H20N4/c1-3-8-19-11(2)17-18-15(19)14-10-16-9-12-6-4-5-7-13(12)14/h4-7,14,16H,3,8-10H2,1-2H3. The van der Waals surface area contributed by atoms with Crippen LogP contribution in [0.3, 0.4) is 0 Å². The summed E-state index contributed by atoms with van der Waals surface area (Å²) < 4.78 is 2.26. The average molecular weight is 256 g/mol. The highest BCUT2D eigenvalue weighted by Gasteiger charge is 2.26. The normalized spacial score (nSPS) is 18.3. The van der Waals surface area contributed by atoms with Crippen molar-refractivity contribution < 1.29 is 0 Å². The largest absolute Gasteiger partial charge is 0.315 e. The van der Waals surface area contributed by atoms with Crippen molar-refractivity contribution in [2.45, 2.75) is 39.3 Å². The first-order valence-corrected chi connectivity index (χ1v) is 6.99. The Labute approximate surface area is 113 Å². The van der Waals surface area contributed by atoms with Gasteiger partial charge in [0, 0.05) is 19.6 Å². The molecule has 4 heteroatoms. The zero-order valence-corrected chi connectivity index (χ0v) is 11.6. The van der Waals surface area contributed by atoms with Crippen molar-refractivity contribution in [2.24, 2.45) is 0 Å². The summed E-state index contributed by atoms with van der Waals surface area (Å²) in [4.78, 5) is 0. The van der Waals surface area contributed by atoms with E-state index in [0.29, 0.717) is 5.92 Å². The van der Waals surface area contributed by atoms with Crippen LogP contribution < -0.4 is 5.32 Å². The molecule has 2 aromatic rings. The maximum absolute atomic E-state index is 4.43. The molecular formula is C15H20N4. The summed E-state index contributed by atoms with van der Waals surface area (Å²) in [6.07, 6.45) is 1.10. The number of nitrogens with zero attached hydrogens (tertiary/aromatic N) is 3. The van der Waals surface area contributed by atoms with Gasteiger partial charge in [0.25, 0.3) is 0 Å². The van der Waals surface area contributed by atoms with E-state index in [1.54, 1.807) is 0 Å². The van der Waals surface area contributed by atoms with Crippen molar-refractivity contribution in [3.8, 4) is 0 Å². The predicted octanol–water partition coefficient (Wildman–Crippen LogP) is 2.23. The number of nitrogens with one attached hydrogen (secondary N) is 1. The third-order valence-electron chi connectivity index (χ3n) is 3.82. The van der Waals surface area contributed by atoms with Crippen LogP contribution in [0.4, 0.5) is 0 Å². The van der Waals surface area contributed by atoms with Crippen LogP contribution in [0.5, 0.6) is 0 Å². The van der Waals surface area contributed by atoms with Crippen molar-refractivity contribution in [3.63, 3.8) is 0 Å². The second kappa shape index (κ2) is 5.13. The monoisotopic (exact) mass is 256 g/mol. The molecule has 1 unspecified atom stereocenters. The average Bonchev–Trinajstić information content (AvgIpc) is 2.80. The first kappa shape index (κ1) is 12.4. The van der Waals surface area contributed by atoms with E-state index < -0.39 is 0 Å². The molecule has 0 saturated carbocycles. The van der Waals surface area contributed by atoms with E-state index in [4.69, 9.17) is 0 Å². The zero-order chi connectivity index (χ0) is 13.2. The summed E-state index contributed by atoms with van der Waals surface area (Å²) in [5, 5.41) is 12.2. The van der Waals surface area contributed by atoms with Crippen LogP contribution in [0.15, 0.2) is 24.3 Å². The van der Waals surface area contributed by atoms with E-state index in [9.17, 15) is 0 Å². The van der Waals surface area contributed by atoms with E-state index in [2.05, 4.69) is 51.3 Å². The predicted molar refractivity (Wildman–Crippen MR) is 75.0 cm³/mol. The van der Waals surface area contributed by atoms with Crippen molar-refractivity contribution in [1.82, 2.24) is 20.1 Å². The van der Waals surface area contributed by atoms with Gasteiger partial charge >= 0.3 is 0 Å². The van der Waals surface area contributed by atoms with Crippen LogP contribution in [-0.4, -0.2) is 21.3 Å². The van der Waals surface area contributed by atoms with Gasteiger partial charge in [0.15, 0.2) is 0 Å². The second-order valence-electron chi connectivity index (χ2n) is 5.14. The minimum Gasteiger partial charge on any atom is -0.315 e. The molecule has 3 rings (SSSR count). The Morgan fingerprint density at radius 3 is 3.00 bits per heavy atom. The number of aromatic nitrogens is 3. The third kappa shape index (κ3) is 2.16. The Balaban J connectivity index is 2.04. The number of rotatable bonds is 3. The minimum atomic E-state index is 0.317. The Hall–Kier alpha value is -1.68. The van der Waals surface area contributed by atoms with E-state index in [1.807, 2.05) is 6.92 Å². The summed E-state index contributed by atoms with van der Waals surface area (Å²) in [7, 11) is 0. The van der Waals surface area contributed by atoms with Crippen LogP contribution in [0.1, 0.15) is 42.0 Å². The quantitative estimate of drug-likeness (QED) is 0.915. The molecule has 1 aliphatic heterocycles. The fourth-order valence-corrected chi connectivity index (χ4v) is 2.88. The van der Waals surface area contributed by atoms with Crippen molar-refractivity contribution in [2.75, 3.05) is 6.54 Å². The summed E-state index contributed by atoms with van der Waals surface area (Å²) in [6.45, 7) is 7.11. The molecular weight excluding hydrogens is 236 g/mol. The molecule has 0 bridgehead atoms. The Bertz CT molecular complexity index is 573. The van der Waals surface area contributed by atoms with Gasteiger partial charge < -0.3 is 9.88 Å². The Kier molecular flexibility index (Phi) is 3.34. The van der Waals surface area contributed by atoms with Gasteiger partial charge in [-0.1, -0.05) is 31.2 Å². The van der Waals surface area contributed by atoms with Crippen molar-refractivity contribution in [3.05, 3.63) is 47.0 Å². The van der Waals surface area contributed by atoms with Gasteiger partial charge in [0.05, 0.1) is 5.92 Å². The first-order chi connectivity index (χ1) is 9.31. The smallest absolute Gasteiger partial charge is 0.141 e. The number of fused-ring (bicyclic) bond motifs is 1. The van der Waals surface area contributed by atoms with Crippen LogP contribution >= 0.6 is 0 Å². The van der Waals surface area contributed by atoms with Gasteiger partial charge in [-0.25, -0.2) is 0 Å². The lowest BCUT2D eigenvalue weighted by atomic mass is 9.90. The van der Waals surface area contributed by atoms with Crippen LogP contribution in [0, 0.1) is 6.92 Å².